The summed E-state index contributed by atoms with van der Waals surface area (Å²) < 4.78 is 6.08. The van der Waals surface area contributed by atoms with E-state index in [1.54, 1.807) is 0 Å². The molecule has 3 nitrogen and oxygen atoms in total. The van der Waals surface area contributed by atoms with Crippen LogP contribution in [0.3, 0.4) is 0 Å². The molecule has 20 heavy (non-hydrogen) atoms. The molecule has 1 aliphatic rings. The van der Waals surface area contributed by atoms with Crippen molar-refractivity contribution in [2.75, 3.05) is 13.2 Å². The molecule has 1 aliphatic carbocycles. The van der Waals surface area contributed by atoms with E-state index in [-0.39, 0.29) is 0 Å². The number of hydrogen-bond donors (Lipinski definition) is 1. The van der Waals surface area contributed by atoms with Gasteiger partial charge in [0.15, 0.2) is 0 Å². The second-order valence-corrected chi connectivity index (χ2v) is 5.54. The van der Waals surface area contributed by atoms with Gasteiger partial charge in [0.25, 0.3) is 0 Å². The molecule has 3 heteroatoms. The summed E-state index contributed by atoms with van der Waals surface area (Å²) in [4.78, 5) is 4.37. The lowest BCUT2D eigenvalue weighted by atomic mass is 10.2. The first-order chi connectivity index (χ1) is 9.88. The number of nitrogens with zero attached hydrogens (tertiary/aromatic N) is 1. The zero-order valence-corrected chi connectivity index (χ0v) is 12.0. The third-order valence-electron chi connectivity index (χ3n) is 3.87. The number of hydrogen-bond acceptors (Lipinski definition) is 3. The Kier molecular flexibility index (Phi) is 4.16. The van der Waals surface area contributed by atoms with E-state index in [1.165, 1.54) is 19.3 Å². The van der Waals surface area contributed by atoms with Crippen molar-refractivity contribution in [3.8, 4) is 5.75 Å². The third kappa shape index (κ3) is 3.10. The van der Waals surface area contributed by atoms with Gasteiger partial charge in [-0.1, -0.05) is 13.0 Å². The minimum Gasteiger partial charge on any atom is -0.491 e. The highest BCUT2D eigenvalue weighted by atomic mass is 16.5. The Morgan fingerprint density at radius 3 is 3.00 bits per heavy atom. The molecule has 2 aromatic rings. The van der Waals surface area contributed by atoms with Crippen LogP contribution < -0.4 is 10.1 Å². The van der Waals surface area contributed by atoms with Crippen LogP contribution in [0.15, 0.2) is 36.5 Å². The first-order valence-corrected chi connectivity index (χ1v) is 7.58. The van der Waals surface area contributed by atoms with Gasteiger partial charge in [0.05, 0.1) is 5.52 Å². The highest BCUT2D eigenvalue weighted by Crippen LogP contribution is 2.33. The summed E-state index contributed by atoms with van der Waals surface area (Å²) in [5.41, 5.74) is 0.995. The van der Waals surface area contributed by atoms with E-state index >= 15 is 0 Å². The lowest BCUT2D eigenvalue weighted by Crippen LogP contribution is -2.37. The molecule has 1 heterocycles. The van der Waals surface area contributed by atoms with Crippen LogP contribution in [0.2, 0.25) is 0 Å². The van der Waals surface area contributed by atoms with Crippen molar-refractivity contribution in [2.45, 2.75) is 32.2 Å². The number of rotatable bonds is 7. The smallest absolute Gasteiger partial charge is 0.128 e. The van der Waals surface area contributed by atoms with E-state index in [9.17, 15) is 0 Å². The largest absolute Gasteiger partial charge is 0.491 e. The Morgan fingerprint density at radius 2 is 2.20 bits per heavy atom. The minimum absolute atomic E-state index is 0.488. The van der Waals surface area contributed by atoms with Gasteiger partial charge >= 0.3 is 0 Å². The topological polar surface area (TPSA) is 34.1 Å². The van der Waals surface area contributed by atoms with Crippen LogP contribution in [-0.4, -0.2) is 24.2 Å². The number of fused-ring (bicyclic) bond motifs is 1. The van der Waals surface area contributed by atoms with Crippen molar-refractivity contribution in [1.29, 1.82) is 0 Å². The molecular formula is C17H22N2O. The van der Waals surface area contributed by atoms with Crippen LogP contribution in [0, 0.1) is 5.92 Å². The maximum Gasteiger partial charge on any atom is 0.128 e. The van der Waals surface area contributed by atoms with Gasteiger partial charge in [-0.2, -0.15) is 0 Å². The Morgan fingerprint density at radius 1 is 1.30 bits per heavy atom. The van der Waals surface area contributed by atoms with Crippen LogP contribution in [0.25, 0.3) is 10.9 Å². The fourth-order valence-electron chi connectivity index (χ4n) is 2.57. The average Bonchev–Trinajstić information content (AvgIpc) is 3.32. The van der Waals surface area contributed by atoms with E-state index in [0.717, 1.165) is 35.7 Å². The molecule has 3 rings (SSSR count). The van der Waals surface area contributed by atoms with Gasteiger partial charge in [-0.3, -0.25) is 4.98 Å². The molecule has 1 unspecified atom stereocenters. The molecule has 1 atom stereocenters. The Labute approximate surface area is 120 Å². The van der Waals surface area contributed by atoms with Crippen LogP contribution in [-0.2, 0) is 0 Å². The molecule has 106 valence electrons. The Bertz CT molecular complexity index is 560. The first-order valence-electron chi connectivity index (χ1n) is 7.58. The summed E-state index contributed by atoms with van der Waals surface area (Å²) >= 11 is 0. The highest BCUT2D eigenvalue weighted by molar-refractivity contribution is 5.84. The zero-order chi connectivity index (χ0) is 13.8. The van der Waals surface area contributed by atoms with Gasteiger partial charge in [0.2, 0.25) is 0 Å². The second kappa shape index (κ2) is 6.23. The molecule has 1 fully saturated rings. The third-order valence-corrected chi connectivity index (χ3v) is 3.87. The molecule has 0 amide bonds. The number of ether oxygens (including phenoxy) is 1. The Balaban J connectivity index is 1.69. The lowest BCUT2D eigenvalue weighted by molar-refractivity contribution is 0.252. The molecule has 1 aromatic carbocycles. The summed E-state index contributed by atoms with van der Waals surface area (Å²) in [5, 5.41) is 4.71. The number of pyridine rings is 1. The maximum atomic E-state index is 6.08. The SMILES string of the molecule is CCCNC(COc1cccc2ncccc12)C1CC1. The van der Waals surface area contributed by atoms with E-state index in [1.807, 2.05) is 30.5 Å². The van der Waals surface area contributed by atoms with E-state index < -0.39 is 0 Å². The quantitative estimate of drug-likeness (QED) is 0.837. The highest BCUT2D eigenvalue weighted by Gasteiger charge is 2.31. The summed E-state index contributed by atoms with van der Waals surface area (Å²) in [5.74, 6) is 1.74. The summed E-state index contributed by atoms with van der Waals surface area (Å²) in [6.07, 6.45) is 5.66. The van der Waals surface area contributed by atoms with Crippen LogP contribution in [0.5, 0.6) is 5.75 Å². The minimum atomic E-state index is 0.488. The maximum absolute atomic E-state index is 6.08. The van der Waals surface area contributed by atoms with Crippen LogP contribution in [0.1, 0.15) is 26.2 Å². The van der Waals surface area contributed by atoms with Crippen molar-refractivity contribution in [3.63, 3.8) is 0 Å². The molecule has 1 saturated carbocycles. The van der Waals surface area contributed by atoms with E-state index in [4.69, 9.17) is 4.74 Å². The lowest BCUT2D eigenvalue weighted by Gasteiger charge is -2.19. The summed E-state index contributed by atoms with van der Waals surface area (Å²) in [6.45, 7) is 4.02. The molecule has 0 aliphatic heterocycles. The number of benzene rings is 1. The molecule has 0 bridgehead atoms. The fraction of sp³-hybridized carbons (Fsp3) is 0.471. The molecular weight excluding hydrogens is 248 g/mol. The molecule has 1 N–H and O–H groups in total. The van der Waals surface area contributed by atoms with Crippen molar-refractivity contribution >= 4 is 10.9 Å². The Hall–Kier alpha value is -1.61. The zero-order valence-electron chi connectivity index (χ0n) is 12.0. The molecule has 0 spiro atoms. The predicted octanol–water partition coefficient (Wildman–Crippen LogP) is 3.39. The van der Waals surface area contributed by atoms with Gasteiger partial charge in [0.1, 0.15) is 12.4 Å². The van der Waals surface area contributed by atoms with Crippen molar-refractivity contribution in [3.05, 3.63) is 36.5 Å². The van der Waals surface area contributed by atoms with Gasteiger partial charge in [-0.05, 0) is 56.0 Å². The van der Waals surface area contributed by atoms with E-state index in [2.05, 4.69) is 23.3 Å². The van der Waals surface area contributed by atoms with Crippen LogP contribution >= 0.6 is 0 Å². The normalized spacial score (nSPS) is 16.2. The van der Waals surface area contributed by atoms with Crippen molar-refractivity contribution < 1.29 is 4.74 Å². The van der Waals surface area contributed by atoms with Gasteiger partial charge in [-0.25, -0.2) is 0 Å². The standard InChI is InChI=1S/C17H22N2O/c1-2-10-18-16(13-8-9-13)12-20-17-7-3-6-15-14(17)5-4-11-19-15/h3-7,11,13,16,18H,2,8-10,12H2,1H3. The summed E-state index contributed by atoms with van der Waals surface area (Å²) in [7, 11) is 0. The number of aromatic nitrogens is 1. The van der Waals surface area contributed by atoms with Crippen molar-refractivity contribution in [2.24, 2.45) is 5.92 Å². The fourth-order valence-corrected chi connectivity index (χ4v) is 2.57. The van der Waals surface area contributed by atoms with E-state index in [0.29, 0.717) is 6.04 Å². The number of nitrogens with one attached hydrogen (secondary N) is 1. The molecule has 0 radical (unpaired) electrons. The molecule has 1 aromatic heterocycles. The van der Waals surface area contributed by atoms with Gasteiger partial charge in [-0.15, -0.1) is 0 Å². The van der Waals surface area contributed by atoms with Gasteiger partial charge < -0.3 is 10.1 Å². The first kappa shape index (κ1) is 13.4. The van der Waals surface area contributed by atoms with Gasteiger partial charge in [0, 0.05) is 17.6 Å². The van der Waals surface area contributed by atoms with Crippen LogP contribution in [0.4, 0.5) is 0 Å². The average molecular weight is 270 g/mol. The summed E-state index contributed by atoms with van der Waals surface area (Å²) in [6, 6.07) is 10.6. The second-order valence-electron chi connectivity index (χ2n) is 5.54. The van der Waals surface area contributed by atoms with Crippen molar-refractivity contribution in [1.82, 2.24) is 10.3 Å². The predicted molar refractivity (Wildman–Crippen MR) is 82.0 cm³/mol. The monoisotopic (exact) mass is 270 g/mol. The molecule has 0 saturated heterocycles.